The average Bonchev–Trinajstić information content (AvgIpc) is 2.09. The summed E-state index contributed by atoms with van der Waals surface area (Å²) in [6.45, 7) is -0.472. The number of rotatable bonds is 1. The Hall–Kier alpha value is -1.47. The van der Waals surface area contributed by atoms with Crippen LogP contribution in [0, 0.1) is 23.0 Å². The molecule has 1 aromatic carbocycles. The molecule has 12 heavy (non-hydrogen) atoms. The summed E-state index contributed by atoms with van der Waals surface area (Å²) in [5.74, 6) is -2.28. The van der Waals surface area contributed by atoms with Crippen LogP contribution in [0.15, 0.2) is 12.1 Å². The number of aliphatic hydroxyl groups is 1. The van der Waals surface area contributed by atoms with E-state index in [1.54, 1.807) is 0 Å². The lowest BCUT2D eigenvalue weighted by atomic mass is 10.1. The average molecular weight is 169 g/mol. The van der Waals surface area contributed by atoms with E-state index in [0.29, 0.717) is 0 Å². The Bertz CT molecular complexity index is 344. The number of nitriles is 1. The minimum absolute atomic E-state index is 0.0939. The highest BCUT2D eigenvalue weighted by molar-refractivity contribution is 5.38. The molecule has 0 fully saturated rings. The van der Waals surface area contributed by atoms with Gasteiger partial charge in [-0.1, -0.05) is 6.07 Å². The molecule has 4 heteroatoms. The van der Waals surface area contributed by atoms with Crippen LogP contribution in [0.2, 0.25) is 0 Å². The molecule has 0 atom stereocenters. The van der Waals surface area contributed by atoms with Gasteiger partial charge in [-0.05, 0) is 11.6 Å². The second-order valence-electron chi connectivity index (χ2n) is 2.17. The summed E-state index contributed by atoms with van der Waals surface area (Å²) < 4.78 is 25.2. The molecule has 0 radical (unpaired) electrons. The number of hydrogen-bond acceptors (Lipinski definition) is 2. The van der Waals surface area contributed by atoms with Crippen molar-refractivity contribution >= 4 is 0 Å². The minimum Gasteiger partial charge on any atom is -0.392 e. The van der Waals surface area contributed by atoms with Crippen LogP contribution in [-0.4, -0.2) is 5.11 Å². The standard InChI is InChI=1S/C8H5F2NO/c9-7-2-1-5(4-12)6(3-11)8(7)10/h1-2,12H,4H2. The van der Waals surface area contributed by atoms with Crippen LogP contribution < -0.4 is 0 Å². The zero-order valence-electron chi connectivity index (χ0n) is 6.01. The first kappa shape index (κ1) is 8.62. The maximum absolute atomic E-state index is 12.7. The van der Waals surface area contributed by atoms with Crippen LogP contribution >= 0.6 is 0 Å². The van der Waals surface area contributed by atoms with Crippen molar-refractivity contribution in [3.8, 4) is 6.07 Å². The molecular weight excluding hydrogens is 164 g/mol. The van der Waals surface area contributed by atoms with Crippen LogP contribution in [-0.2, 0) is 6.61 Å². The zero-order chi connectivity index (χ0) is 9.14. The van der Waals surface area contributed by atoms with Crippen molar-refractivity contribution in [2.24, 2.45) is 0 Å². The van der Waals surface area contributed by atoms with Gasteiger partial charge in [-0.2, -0.15) is 5.26 Å². The molecule has 1 aromatic rings. The van der Waals surface area contributed by atoms with Crippen molar-refractivity contribution in [1.29, 1.82) is 5.26 Å². The van der Waals surface area contributed by atoms with Crippen molar-refractivity contribution in [2.75, 3.05) is 0 Å². The summed E-state index contributed by atoms with van der Waals surface area (Å²) in [5, 5.41) is 17.0. The fourth-order valence-electron chi connectivity index (χ4n) is 0.843. The van der Waals surface area contributed by atoms with E-state index in [4.69, 9.17) is 10.4 Å². The summed E-state index contributed by atoms with van der Waals surface area (Å²) >= 11 is 0. The van der Waals surface area contributed by atoms with E-state index >= 15 is 0 Å². The van der Waals surface area contributed by atoms with E-state index in [1.165, 1.54) is 12.1 Å². The van der Waals surface area contributed by atoms with Crippen molar-refractivity contribution in [3.63, 3.8) is 0 Å². The molecule has 0 heterocycles. The number of hydrogen-bond donors (Lipinski definition) is 1. The lowest BCUT2D eigenvalue weighted by molar-refractivity contribution is 0.280. The summed E-state index contributed by atoms with van der Waals surface area (Å²) in [6, 6.07) is 3.53. The van der Waals surface area contributed by atoms with Gasteiger partial charge >= 0.3 is 0 Å². The second-order valence-corrected chi connectivity index (χ2v) is 2.17. The zero-order valence-corrected chi connectivity index (χ0v) is 6.01. The molecule has 0 saturated carbocycles. The molecule has 62 valence electrons. The molecule has 0 aliphatic rings. The van der Waals surface area contributed by atoms with Gasteiger partial charge in [0.15, 0.2) is 11.6 Å². The predicted molar refractivity (Wildman–Crippen MR) is 37.0 cm³/mol. The molecule has 0 aliphatic carbocycles. The molecule has 0 aliphatic heterocycles. The van der Waals surface area contributed by atoms with Gasteiger partial charge in [-0.15, -0.1) is 0 Å². The maximum Gasteiger partial charge on any atom is 0.176 e. The van der Waals surface area contributed by atoms with E-state index in [1.807, 2.05) is 0 Å². The summed E-state index contributed by atoms with van der Waals surface area (Å²) in [4.78, 5) is 0. The third kappa shape index (κ3) is 1.27. The molecule has 0 unspecified atom stereocenters. The van der Waals surface area contributed by atoms with E-state index in [-0.39, 0.29) is 5.56 Å². The van der Waals surface area contributed by atoms with Crippen molar-refractivity contribution in [1.82, 2.24) is 0 Å². The third-order valence-electron chi connectivity index (χ3n) is 1.46. The van der Waals surface area contributed by atoms with Gasteiger partial charge in [0.1, 0.15) is 6.07 Å². The van der Waals surface area contributed by atoms with Crippen LogP contribution in [0.25, 0.3) is 0 Å². The Morgan fingerprint density at radius 2 is 2.08 bits per heavy atom. The Labute approximate surface area is 67.7 Å². The second kappa shape index (κ2) is 3.28. The van der Waals surface area contributed by atoms with Crippen molar-refractivity contribution in [3.05, 3.63) is 34.9 Å². The van der Waals surface area contributed by atoms with Crippen molar-refractivity contribution in [2.45, 2.75) is 6.61 Å². The molecule has 0 saturated heterocycles. The Morgan fingerprint density at radius 1 is 1.42 bits per heavy atom. The molecule has 2 nitrogen and oxygen atoms in total. The lowest BCUT2D eigenvalue weighted by Crippen LogP contribution is -1.96. The number of benzene rings is 1. The third-order valence-corrected chi connectivity index (χ3v) is 1.46. The Kier molecular flexibility index (Phi) is 2.36. The van der Waals surface area contributed by atoms with Gasteiger partial charge in [0.25, 0.3) is 0 Å². The molecule has 0 bridgehead atoms. The first-order chi connectivity index (χ1) is 5.70. The maximum atomic E-state index is 12.7. The van der Waals surface area contributed by atoms with Gasteiger partial charge in [0.05, 0.1) is 12.2 Å². The summed E-state index contributed by atoms with van der Waals surface area (Å²) in [6.07, 6.45) is 0. The fraction of sp³-hybridized carbons (Fsp3) is 0.125. The molecule has 0 aromatic heterocycles. The number of aliphatic hydroxyl groups excluding tert-OH is 1. The van der Waals surface area contributed by atoms with Crippen LogP contribution in [0.4, 0.5) is 8.78 Å². The first-order valence-corrected chi connectivity index (χ1v) is 3.18. The minimum atomic E-state index is -1.20. The fourth-order valence-corrected chi connectivity index (χ4v) is 0.843. The molecule has 1 rings (SSSR count). The van der Waals surface area contributed by atoms with E-state index in [9.17, 15) is 8.78 Å². The lowest BCUT2D eigenvalue weighted by Gasteiger charge is -2.00. The van der Waals surface area contributed by atoms with Crippen LogP contribution in [0.1, 0.15) is 11.1 Å². The monoisotopic (exact) mass is 169 g/mol. The number of nitrogens with zero attached hydrogens (tertiary/aromatic N) is 1. The molecular formula is C8H5F2NO. The van der Waals surface area contributed by atoms with E-state index in [2.05, 4.69) is 0 Å². The largest absolute Gasteiger partial charge is 0.392 e. The topological polar surface area (TPSA) is 44.0 Å². The Morgan fingerprint density at radius 3 is 2.58 bits per heavy atom. The van der Waals surface area contributed by atoms with Crippen molar-refractivity contribution < 1.29 is 13.9 Å². The quantitative estimate of drug-likeness (QED) is 0.689. The van der Waals surface area contributed by atoms with Crippen LogP contribution in [0.3, 0.4) is 0 Å². The number of halogens is 2. The smallest absolute Gasteiger partial charge is 0.176 e. The highest BCUT2D eigenvalue weighted by atomic mass is 19.2. The van der Waals surface area contributed by atoms with Gasteiger partial charge in [0.2, 0.25) is 0 Å². The van der Waals surface area contributed by atoms with Gasteiger partial charge in [0, 0.05) is 0 Å². The predicted octanol–water partition coefficient (Wildman–Crippen LogP) is 1.33. The highest BCUT2D eigenvalue weighted by Crippen LogP contribution is 2.15. The SMILES string of the molecule is N#Cc1c(CO)ccc(F)c1F. The van der Waals surface area contributed by atoms with Gasteiger partial charge in [-0.25, -0.2) is 8.78 Å². The Balaban J connectivity index is 3.38. The normalized spacial score (nSPS) is 9.50. The first-order valence-electron chi connectivity index (χ1n) is 3.18. The summed E-state index contributed by atoms with van der Waals surface area (Å²) in [7, 11) is 0. The van der Waals surface area contributed by atoms with Gasteiger partial charge in [-0.3, -0.25) is 0 Å². The molecule has 0 amide bonds. The van der Waals surface area contributed by atoms with E-state index < -0.39 is 23.8 Å². The van der Waals surface area contributed by atoms with Gasteiger partial charge < -0.3 is 5.11 Å². The molecule has 0 spiro atoms. The summed E-state index contributed by atoms with van der Waals surface area (Å²) in [5.41, 5.74) is -0.339. The van der Waals surface area contributed by atoms with E-state index in [0.717, 1.165) is 6.07 Å². The molecule has 1 N–H and O–H groups in total. The highest BCUT2D eigenvalue weighted by Gasteiger charge is 2.11. The van der Waals surface area contributed by atoms with Crippen LogP contribution in [0.5, 0.6) is 0 Å².